The van der Waals surface area contributed by atoms with E-state index in [0.717, 1.165) is 18.2 Å². The van der Waals surface area contributed by atoms with Crippen LogP contribution < -0.4 is 0 Å². The molecule has 0 fully saturated rings. The molecule has 1 aromatic heterocycles. The van der Waals surface area contributed by atoms with E-state index in [-0.39, 0.29) is 27.5 Å². The van der Waals surface area contributed by atoms with E-state index >= 15 is 0 Å². The number of hydrogen-bond donors (Lipinski definition) is 0. The van der Waals surface area contributed by atoms with Crippen LogP contribution in [0.15, 0.2) is 5.03 Å². The van der Waals surface area contributed by atoms with E-state index in [2.05, 4.69) is 4.98 Å². The van der Waals surface area contributed by atoms with Crippen LogP contribution in [0, 0.1) is 22.7 Å². The average molecular weight is 372 g/mol. The predicted octanol–water partition coefficient (Wildman–Crippen LogP) is 4.86. The molecule has 0 bridgehead atoms. The number of thioether (sulfide) groups is 1. The van der Waals surface area contributed by atoms with Gasteiger partial charge in [-0.25, -0.2) is 4.98 Å². The Morgan fingerprint density at radius 3 is 2.52 bits per heavy atom. The highest BCUT2D eigenvalue weighted by atomic mass is 32.2. The summed E-state index contributed by atoms with van der Waals surface area (Å²) in [4.78, 5) is 4.43. The van der Waals surface area contributed by atoms with Gasteiger partial charge in [0.1, 0.15) is 11.1 Å². The van der Waals surface area contributed by atoms with E-state index in [4.69, 9.17) is 4.74 Å². The molecule has 0 unspecified atom stereocenters. The Morgan fingerprint density at radius 2 is 2.00 bits per heavy atom. The summed E-state index contributed by atoms with van der Waals surface area (Å²) >= 11 is 1.15. The first-order chi connectivity index (χ1) is 11.6. The second-order valence-electron chi connectivity index (χ2n) is 7.35. The quantitative estimate of drug-likeness (QED) is 0.559. The topological polar surface area (TPSA) is 45.9 Å². The summed E-state index contributed by atoms with van der Waals surface area (Å²) in [6, 6.07) is 1.76. The van der Waals surface area contributed by atoms with E-state index in [0.29, 0.717) is 30.9 Å². The highest BCUT2D eigenvalue weighted by Crippen LogP contribution is 2.44. The summed E-state index contributed by atoms with van der Waals surface area (Å²) in [5.41, 5.74) is -0.506. The maximum atomic E-state index is 13.8. The summed E-state index contributed by atoms with van der Waals surface area (Å²) in [5, 5.41) is 9.58. The fourth-order valence-electron chi connectivity index (χ4n) is 3.22. The minimum atomic E-state index is -4.56. The van der Waals surface area contributed by atoms with Gasteiger partial charge in [-0.05, 0) is 36.2 Å². The van der Waals surface area contributed by atoms with Crippen LogP contribution >= 0.6 is 11.8 Å². The molecule has 1 atom stereocenters. The van der Waals surface area contributed by atoms with Gasteiger partial charge < -0.3 is 4.74 Å². The van der Waals surface area contributed by atoms with E-state index in [1.54, 1.807) is 6.07 Å². The zero-order valence-corrected chi connectivity index (χ0v) is 15.8. The monoisotopic (exact) mass is 372 g/mol. The number of aromatic nitrogens is 1. The number of methoxy groups -OCH3 is 1. The van der Waals surface area contributed by atoms with Crippen molar-refractivity contribution < 1.29 is 17.9 Å². The fourth-order valence-corrected chi connectivity index (χ4v) is 4.13. The minimum absolute atomic E-state index is 0.0841. The van der Waals surface area contributed by atoms with Crippen LogP contribution in [0.3, 0.4) is 0 Å². The highest BCUT2D eigenvalue weighted by Gasteiger charge is 2.42. The molecule has 0 aliphatic heterocycles. The average Bonchev–Trinajstić information content (AvgIpc) is 2.51. The van der Waals surface area contributed by atoms with Gasteiger partial charge in [-0.2, -0.15) is 18.4 Å². The van der Waals surface area contributed by atoms with E-state index < -0.39 is 11.7 Å². The standard InChI is InChI=1S/C18H23F3N2OS/c1-17(2,3)11-5-6-14-12(9-11)15(18(19,20)21)13(10-22)16(23-14)25-8-7-24-4/h11H,5-9H2,1-4H3/t11-/m0/s1. The van der Waals surface area contributed by atoms with Crippen molar-refractivity contribution in [1.82, 2.24) is 4.98 Å². The maximum Gasteiger partial charge on any atom is 0.418 e. The Morgan fingerprint density at radius 1 is 1.32 bits per heavy atom. The molecule has 1 heterocycles. The van der Waals surface area contributed by atoms with Gasteiger partial charge >= 0.3 is 6.18 Å². The van der Waals surface area contributed by atoms with Gasteiger partial charge in [0.15, 0.2) is 0 Å². The summed E-state index contributed by atoms with van der Waals surface area (Å²) in [7, 11) is 1.53. The Balaban J connectivity index is 2.56. The zero-order valence-electron chi connectivity index (χ0n) is 15.0. The van der Waals surface area contributed by atoms with Crippen LogP contribution in [-0.2, 0) is 23.8 Å². The van der Waals surface area contributed by atoms with Crippen LogP contribution in [0.4, 0.5) is 13.2 Å². The molecule has 0 N–H and O–H groups in total. The molecule has 0 radical (unpaired) electrons. The Hall–Kier alpha value is -1.26. The molecule has 7 heteroatoms. The van der Waals surface area contributed by atoms with Crippen molar-refractivity contribution in [1.29, 1.82) is 5.26 Å². The first-order valence-corrected chi connectivity index (χ1v) is 9.23. The molecular formula is C18H23F3N2OS. The molecule has 0 spiro atoms. The van der Waals surface area contributed by atoms with Gasteiger partial charge in [-0.1, -0.05) is 20.8 Å². The molecule has 1 aliphatic rings. The van der Waals surface area contributed by atoms with Crippen LogP contribution in [-0.4, -0.2) is 24.5 Å². The Kier molecular flexibility index (Phi) is 6.05. The third kappa shape index (κ3) is 4.48. The van der Waals surface area contributed by atoms with Crippen LogP contribution in [0.5, 0.6) is 0 Å². The fraction of sp³-hybridized carbons (Fsp3) is 0.667. The highest BCUT2D eigenvalue weighted by molar-refractivity contribution is 7.99. The second-order valence-corrected chi connectivity index (χ2v) is 8.43. The molecule has 138 valence electrons. The SMILES string of the molecule is COCCSc1nc2c(c(C(F)(F)F)c1C#N)C[C@@H](C(C)(C)C)CC2. The second kappa shape index (κ2) is 7.55. The minimum Gasteiger partial charge on any atom is -0.384 e. The predicted molar refractivity (Wildman–Crippen MR) is 91.5 cm³/mol. The lowest BCUT2D eigenvalue weighted by atomic mass is 9.70. The molecule has 25 heavy (non-hydrogen) atoms. The lowest BCUT2D eigenvalue weighted by molar-refractivity contribution is -0.139. The number of nitrogens with zero attached hydrogens (tertiary/aromatic N) is 2. The molecule has 0 aromatic carbocycles. The number of pyridine rings is 1. The summed E-state index contributed by atoms with van der Waals surface area (Å²) in [6.45, 7) is 6.53. The van der Waals surface area contributed by atoms with Crippen molar-refractivity contribution in [2.24, 2.45) is 11.3 Å². The summed E-state index contributed by atoms with van der Waals surface area (Å²) < 4.78 is 46.4. The van der Waals surface area contributed by atoms with Crippen molar-refractivity contribution in [3.05, 3.63) is 22.4 Å². The van der Waals surface area contributed by atoms with E-state index in [9.17, 15) is 18.4 Å². The number of nitriles is 1. The number of aryl methyl sites for hydroxylation is 1. The molecule has 1 aromatic rings. The molecule has 1 aliphatic carbocycles. The van der Waals surface area contributed by atoms with Crippen LogP contribution in [0.2, 0.25) is 0 Å². The van der Waals surface area contributed by atoms with Gasteiger partial charge in [0.25, 0.3) is 0 Å². The summed E-state index contributed by atoms with van der Waals surface area (Å²) in [6.07, 6.45) is -2.91. The van der Waals surface area contributed by atoms with Crippen LogP contribution in [0.25, 0.3) is 0 Å². The zero-order chi connectivity index (χ0) is 18.8. The number of hydrogen-bond acceptors (Lipinski definition) is 4. The van der Waals surface area contributed by atoms with Crippen LogP contribution in [0.1, 0.15) is 49.6 Å². The third-order valence-electron chi connectivity index (χ3n) is 4.68. The Labute approximate surface area is 151 Å². The largest absolute Gasteiger partial charge is 0.418 e. The van der Waals surface area contributed by atoms with Gasteiger partial charge in [-0.3, -0.25) is 0 Å². The van der Waals surface area contributed by atoms with Crippen molar-refractivity contribution in [2.75, 3.05) is 19.5 Å². The number of ether oxygens (including phenoxy) is 1. The summed E-state index contributed by atoms with van der Waals surface area (Å²) in [5.74, 6) is 0.597. The van der Waals surface area contributed by atoms with Crippen molar-refractivity contribution in [2.45, 2.75) is 51.2 Å². The number of alkyl halides is 3. The number of fused-ring (bicyclic) bond motifs is 1. The van der Waals surface area contributed by atoms with Gasteiger partial charge in [0, 0.05) is 18.6 Å². The molecule has 2 rings (SSSR count). The van der Waals surface area contributed by atoms with Crippen molar-refractivity contribution >= 4 is 11.8 Å². The van der Waals surface area contributed by atoms with Gasteiger partial charge in [0.2, 0.25) is 0 Å². The van der Waals surface area contributed by atoms with Crippen molar-refractivity contribution in [3.8, 4) is 6.07 Å². The molecule has 0 saturated heterocycles. The molecule has 0 saturated carbocycles. The Bertz CT molecular complexity index is 675. The van der Waals surface area contributed by atoms with E-state index in [1.165, 1.54) is 7.11 Å². The molecule has 0 amide bonds. The number of halogens is 3. The lowest BCUT2D eigenvalue weighted by Gasteiger charge is -2.36. The number of rotatable bonds is 4. The van der Waals surface area contributed by atoms with E-state index in [1.807, 2.05) is 20.8 Å². The lowest BCUT2D eigenvalue weighted by Crippen LogP contribution is -2.30. The van der Waals surface area contributed by atoms with Gasteiger partial charge in [0.05, 0.1) is 17.7 Å². The third-order valence-corrected chi connectivity index (χ3v) is 5.62. The maximum absolute atomic E-state index is 13.8. The normalized spacial score (nSPS) is 17.9. The smallest absolute Gasteiger partial charge is 0.384 e. The first kappa shape index (κ1) is 20.1. The first-order valence-electron chi connectivity index (χ1n) is 8.24. The molecule has 3 nitrogen and oxygen atoms in total. The van der Waals surface area contributed by atoms with Crippen molar-refractivity contribution in [3.63, 3.8) is 0 Å². The van der Waals surface area contributed by atoms with Gasteiger partial charge in [-0.15, -0.1) is 11.8 Å². The molecular weight excluding hydrogens is 349 g/mol.